The molecule has 2 heterocycles. The molecular weight excluding hydrogens is 578 g/mol. The van der Waals surface area contributed by atoms with Crippen LogP contribution in [0.15, 0.2) is 90.3 Å². The van der Waals surface area contributed by atoms with Crippen LogP contribution in [0.4, 0.5) is 0 Å². The summed E-state index contributed by atoms with van der Waals surface area (Å²) in [5.74, 6) is -0.125. The standard InChI is InChI=1S/C34H37N3O6S/c1-22(41-23(2)39)32(40)36-19-28-6-4-5-7-30(28)25-12-14-27(15-13-25)33-42-29(21-44-34-35-16-17-37(34)3)18-31(43-33)26-10-8-24(20-38)9-11-26/h4-17,22,29,31,33,38H,18-21H2,1-3H3,(H,36,40). The van der Waals surface area contributed by atoms with Crippen LogP contribution in [-0.4, -0.2) is 44.5 Å². The topological polar surface area (TPSA) is 112 Å². The van der Waals surface area contributed by atoms with Crippen molar-refractivity contribution in [3.8, 4) is 11.1 Å². The van der Waals surface area contributed by atoms with Crippen molar-refractivity contribution in [2.45, 2.75) is 63.2 Å². The molecule has 0 bridgehead atoms. The number of amides is 1. The van der Waals surface area contributed by atoms with E-state index in [0.717, 1.165) is 44.3 Å². The maximum atomic E-state index is 12.4. The molecule has 1 saturated heterocycles. The first-order valence-electron chi connectivity index (χ1n) is 14.5. The van der Waals surface area contributed by atoms with Crippen molar-refractivity contribution in [2.75, 3.05) is 5.75 Å². The van der Waals surface area contributed by atoms with Crippen LogP contribution in [0.5, 0.6) is 0 Å². The fraction of sp³-hybridized carbons (Fsp3) is 0.324. The van der Waals surface area contributed by atoms with Gasteiger partial charge in [-0.1, -0.05) is 84.6 Å². The van der Waals surface area contributed by atoms with Gasteiger partial charge in [-0.15, -0.1) is 0 Å². The lowest BCUT2D eigenvalue weighted by Gasteiger charge is -2.36. The third-order valence-electron chi connectivity index (χ3n) is 7.47. The second kappa shape index (κ2) is 14.7. The Morgan fingerprint density at radius 1 is 1.07 bits per heavy atom. The van der Waals surface area contributed by atoms with Crippen molar-refractivity contribution < 1.29 is 28.9 Å². The summed E-state index contributed by atoms with van der Waals surface area (Å²) in [7, 11) is 1.98. The highest BCUT2D eigenvalue weighted by Gasteiger charge is 2.32. The van der Waals surface area contributed by atoms with Crippen LogP contribution in [0.25, 0.3) is 11.1 Å². The molecule has 4 aromatic rings. The quantitative estimate of drug-likeness (QED) is 0.168. The van der Waals surface area contributed by atoms with Crippen molar-refractivity contribution in [3.63, 3.8) is 0 Å². The smallest absolute Gasteiger partial charge is 0.303 e. The largest absolute Gasteiger partial charge is 0.453 e. The number of nitrogens with one attached hydrogen (secondary N) is 1. The first-order valence-corrected chi connectivity index (χ1v) is 15.5. The van der Waals surface area contributed by atoms with Crippen molar-refractivity contribution >= 4 is 23.6 Å². The van der Waals surface area contributed by atoms with E-state index in [1.165, 1.54) is 6.92 Å². The van der Waals surface area contributed by atoms with Gasteiger partial charge in [0.15, 0.2) is 17.6 Å². The van der Waals surface area contributed by atoms with Crippen LogP contribution in [0.2, 0.25) is 0 Å². The maximum Gasteiger partial charge on any atom is 0.303 e. The minimum absolute atomic E-state index is 0.00425. The average Bonchev–Trinajstić information content (AvgIpc) is 3.46. The number of aryl methyl sites for hydroxylation is 1. The molecule has 9 nitrogen and oxygen atoms in total. The number of hydrogen-bond acceptors (Lipinski definition) is 8. The first-order chi connectivity index (χ1) is 21.3. The number of aromatic nitrogens is 2. The molecule has 1 fully saturated rings. The highest BCUT2D eigenvalue weighted by atomic mass is 32.2. The van der Waals surface area contributed by atoms with Gasteiger partial charge in [-0.2, -0.15) is 0 Å². The Kier molecular flexibility index (Phi) is 10.5. The van der Waals surface area contributed by atoms with Gasteiger partial charge in [-0.25, -0.2) is 4.98 Å². The number of ether oxygens (including phenoxy) is 3. The Bertz CT molecular complexity index is 1560. The average molecular weight is 616 g/mol. The molecule has 3 aromatic carbocycles. The number of rotatable bonds is 11. The summed E-state index contributed by atoms with van der Waals surface area (Å²) in [5.41, 5.74) is 5.70. The van der Waals surface area contributed by atoms with E-state index >= 15 is 0 Å². The molecule has 0 saturated carbocycles. The molecule has 1 aromatic heterocycles. The monoisotopic (exact) mass is 615 g/mol. The van der Waals surface area contributed by atoms with Gasteiger partial charge in [0.25, 0.3) is 5.91 Å². The second-order valence-electron chi connectivity index (χ2n) is 10.7. The number of aliphatic hydroxyl groups is 1. The Balaban J connectivity index is 1.32. The Morgan fingerprint density at radius 2 is 1.80 bits per heavy atom. The molecule has 4 atom stereocenters. The third kappa shape index (κ3) is 7.95. The fourth-order valence-electron chi connectivity index (χ4n) is 5.09. The number of aliphatic hydroxyl groups excluding tert-OH is 1. The highest BCUT2D eigenvalue weighted by Crippen LogP contribution is 2.40. The molecule has 230 valence electrons. The molecular formula is C34H37N3O6S. The van der Waals surface area contributed by atoms with Gasteiger partial charge in [-0.05, 0) is 34.7 Å². The minimum Gasteiger partial charge on any atom is -0.453 e. The number of benzene rings is 3. The number of thioether (sulfide) groups is 1. The predicted molar refractivity (Wildman–Crippen MR) is 167 cm³/mol. The lowest BCUT2D eigenvalue weighted by molar-refractivity contribution is -0.245. The van der Waals surface area contributed by atoms with E-state index in [1.54, 1.807) is 24.9 Å². The summed E-state index contributed by atoms with van der Waals surface area (Å²) in [6.45, 7) is 3.12. The zero-order valence-corrected chi connectivity index (χ0v) is 25.8. The van der Waals surface area contributed by atoms with Crippen molar-refractivity contribution in [1.82, 2.24) is 14.9 Å². The van der Waals surface area contributed by atoms with Gasteiger partial charge in [0.1, 0.15) is 0 Å². The number of carbonyl (C=O) groups is 2. The van der Waals surface area contributed by atoms with Crippen LogP contribution in [0.3, 0.4) is 0 Å². The molecule has 1 amide bonds. The van der Waals surface area contributed by atoms with E-state index < -0.39 is 18.4 Å². The summed E-state index contributed by atoms with van der Waals surface area (Å²) in [6, 6.07) is 23.8. The van der Waals surface area contributed by atoms with Crippen LogP contribution in [0.1, 0.15) is 54.9 Å². The molecule has 10 heteroatoms. The van der Waals surface area contributed by atoms with E-state index in [9.17, 15) is 14.7 Å². The van der Waals surface area contributed by atoms with Crippen LogP contribution < -0.4 is 5.32 Å². The van der Waals surface area contributed by atoms with Gasteiger partial charge < -0.3 is 29.2 Å². The number of nitrogens with zero attached hydrogens (tertiary/aromatic N) is 2. The molecule has 2 N–H and O–H groups in total. The van der Waals surface area contributed by atoms with Crippen molar-refractivity contribution in [2.24, 2.45) is 7.05 Å². The lowest BCUT2D eigenvalue weighted by Crippen LogP contribution is -2.35. The number of carbonyl (C=O) groups excluding carboxylic acids is 2. The zero-order chi connectivity index (χ0) is 31.1. The minimum atomic E-state index is -0.864. The molecule has 0 radical (unpaired) electrons. The van der Waals surface area contributed by atoms with Crippen molar-refractivity contribution in [3.05, 3.63) is 107 Å². The van der Waals surface area contributed by atoms with Gasteiger partial charge in [-0.3, -0.25) is 9.59 Å². The Labute approximate surface area is 261 Å². The van der Waals surface area contributed by atoms with E-state index in [4.69, 9.17) is 14.2 Å². The molecule has 4 unspecified atom stereocenters. The molecule has 5 rings (SSSR count). The normalized spacial score (nSPS) is 18.9. The zero-order valence-electron chi connectivity index (χ0n) is 25.0. The predicted octanol–water partition coefficient (Wildman–Crippen LogP) is 5.48. The Morgan fingerprint density at radius 3 is 2.48 bits per heavy atom. The van der Waals surface area contributed by atoms with Gasteiger partial charge in [0.05, 0.1) is 18.8 Å². The van der Waals surface area contributed by atoms with E-state index in [0.29, 0.717) is 13.0 Å². The number of esters is 1. The van der Waals surface area contributed by atoms with Crippen molar-refractivity contribution in [1.29, 1.82) is 0 Å². The van der Waals surface area contributed by atoms with E-state index in [1.807, 2.05) is 90.6 Å². The van der Waals surface area contributed by atoms with Crippen LogP contribution in [0, 0.1) is 0 Å². The summed E-state index contributed by atoms with van der Waals surface area (Å²) >= 11 is 1.66. The summed E-state index contributed by atoms with van der Waals surface area (Å²) in [6.07, 6.45) is 2.74. The third-order valence-corrected chi connectivity index (χ3v) is 8.66. The van der Waals surface area contributed by atoms with Gasteiger partial charge in [0.2, 0.25) is 0 Å². The Hall–Kier alpha value is -3.96. The summed E-state index contributed by atoms with van der Waals surface area (Å²) in [5, 5.41) is 13.3. The SMILES string of the molecule is CC(=O)OC(C)C(=O)NCc1ccccc1-c1ccc(C2OC(CSc3nccn3C)CC(c3ccc(CO)cc3)O2)cc1. The van der Waals surface area contributed by atoms with E-state index in [2.05, 4.69) is 10.3 Å². The highest BCUT2D eigenvalue weighted by molar-refractivity contribution is 7.99. The molecule has 44 heavy (non-hydrogen) atoms. The summed E-state index contributed by atoms with van der Waals surface area (Å²) in [4.78, 5) is 28.0. The summed E-state index contributed by atoms with van der Waals surface area (Å²) < 4.78 is 20.0. The first kappa shape index (κ1) is 31.5. The second-order valence-corrected chi connectivity index (χ2v) is 11.7. The lowest BCUT2D eigenvalue weighted by atomic mass is 9.97. The van der Waals surface area contributed by atoms with Crippen LogP contribution in [-0.2, 0) is 44.0 Å². The molecule has 0 spiro atoms. The number of hydrogen-bond donors (Lipinski definition) is 2. The van der Waals surface area contributed by atoms with Crippen LogP contribution >= 0.6 is 11.8 Å². The molecule has 1 aliphatic rings. The molecule has 1 aliphatic heterocycles. The fourth-order valence-corrected chi connectivity index (χ4v) is 6.04. The maximum absolute atomic E-state index is 12.4. The van der Waals surface area contributed by atoms with Gasteiger partial charge >= 0.3 is 5.97 Å². The molecule has 0 aliphatic carbocycles. The van der Waals surface area contributed by atoms with E-state index in [-0.39, 0.29) is 24.7 Å². The number of imidazole rings is 1. The van der Waals surface area contributed by atoms with Gasteiger partial charge in [0, 0.05) is 50.6 Å².